The van der Waals surface area contributed by atoms with Crippen molar-refractivity contribution in [1.82, 2.24) is 20.8 Å². The molecule has 3 atom stereocenters. The molecule has 0 radical (unpaired) electrons. The third kappa shape index (κ3) is 4.97. The molecule has 1 heterocycles. The summed E-state index contributed by atoms with van der Waals surface area (Å²) in [5.41, 5.74) is 5.95. The Morgan fingerprint density at radius 1 is 1.41 bits per heavy atom. The highest BCUT2D eigenvalue weighted by molar-refractivity contribution is 5.82. The number of aliphatic hydroxyl groups excluding tert-OH is 1. The second-order valence-electron chi connectivity index (χ2n) is 4.85. The Hall–Kier alpha value is -2.20. The Balaban J connectivity index is 2.50. The summed E-state index contributed by atoms with van der Waals surface area (Å²) in [5, 5.41) is 29.5. The third-order valence-corrected chi connectivity index (χ3v) is 3.21. The van der Waals surface area contributed by atoms with Gasteiger partial charge in [-0.15, -0.1) is 10.2 Å². The Kier molecular flexibility index (Phi) is 6.73. The number of hydrogen-bond acceptors (Lipinski definition) is 7. The van der Waals surface area contributed by atoms with E-state index in [9.17, 15) is 9.59 Å². The van der Waals surface area contributed by atoms with E-state index >= 15 is 0 Å². The molecule has 3 unspecified atom stereocenters. The number of hydrogen-bond donors (Lipinski definition) is 5. The Bertz CT molecular complexity index is 506. The summed E-state index contributed by atoms with van der Waals surface area (Å²) < 4.78 is 5.34. The second kappa shape index (κ2) is 8.29. The zero-order chi connectivity index (χ0) is 16.7. The molecule has 22 heavy (non-hydrogen) atoms. The molecule has 124 valence electrons. The molecule has 1 rings (SSSR count). The summed E-state index contributed by atoms with van der Waals surface area (Å²) in [4.78, 5) is 22.1. The number of amides is 2. The van der Waals surface area contributed by atoms with Gasteiger partial charge in [-0.1, -0.05) is 20.3 Å². The van der Waals surface area contributed by atoms with Gasteiger partial charge in [-0.25, -0.2) is 9.59 Å². The lowest BCUT2D eigenvalue weighted by molar-refractivity contribution is -0.140. The molecule has 0 aliphatic carbocycles. The SMILES string of the molecule is CCC(C)C(N)c1nnc(CNC(=O)NC(CO)C(=O)O)o1. The van der Waals surface area contributed by atoms with E-state index < -0.39 is 24.6 Å². The first-order valence-electron chi connectivity index (χ1n) is 6.84. The lowest BCUT2D eigenvalue weighted by Crippen LogP contribution is -2.47. The van der Waals surface area contributed by atoms with Crippen molar-refractivity contribution >= 4 is 12.0 Å². The number of urea groups is 1. The number of nitrogens with one attached hydrogen (secondary N) is 2. The average molecular weight is 315 g/mol. The van der Waals surface area contributed by atoms with Crippen molar-refractivity contribution in [2.45, 2.75) is 38.9 Å². The maximum absolute atomic E-state index is 11.5. The lowest BCUT2D eigenvalue weighted by Gasteiger charge is -2.13. The molecule has 2 amide bonds. The number of carbonyl (C=O) groups excluding carboxylic acids is 1. The number of aliphatic carboxylic acids is 1. The molecule has 0 saturated heterocycles. The number of aliphatic hydroxyl groups is 1. The highest BCUT2D eigenvalue weighted by atomic mass is 16.4. The molecule has 10 nitrogen and oxygen atoms in total. The summed E-state index contributed by atoms with van der Waals surface area (Å²) in [6.45, 7) is 3.16. The Labute approximate surface area is 127 Å². The van der Waals surface area contributed by atoms with E-state index in [2.05, 4.69) is 20.8 Å². The van der Waals surface area contributed by atoms with Crippen LogP contribution in [0.5, 0.6) is 0 Å². The largest absolute Gasteiger partial charge is 0.480 e. The minimum atomic E-state index is -1.38. The van der Waals surface area contributed by atoms with Gasteiger partial charge in [-0.05, 0) is 5.92 Å². The monoisotopic (exact) mass is 315 g/mol. The van der Waals surface area contributed by atoms with Gasteiger partial charge >= 0.3 is 12.0 Å². The molecule has 1 aromatic rings. The quantitative estimate of drug-likeness (QED) is 0.423. The summed E-state index contributed by atoms with van der Waals surface area (Å²) in [7, 11) is 0. The standard InChI is InChI=1S/C12H21N5O5/c1-3-6(2)9(13)10-17-16-8(22-10)4-14-12(21)15-7(5-18)11(19)20/h6-7,9,18H,3-5,13H2,1-2H3,(H,19,20)(H2,14,15,21). The van der Waals surface area contributed by atoms with E-state index in [0.717, 1.165) is 6.42 Å². The van der Waals surface area contributed by atoms with Crippen LogP contribution < -0.4 is 16.4 Å². The van der Waals surface area contributed by atoms with E-state index in [4.69, 9.17) is 20.4 Å². The number of carbonyl (C=O) groups is 2. The normalized spacial score (nSPS) is 14.9. The topological polar surface area (TPSA) is 164 Å². The van der Waals surface area contributed by atoms with Gasteiger partial charge in [0.25, 0.3) is 0 Å². The van der Waals surface area contributed by atoms with E-state index in [1.54, 1.807) is 0 Å². The number of aromatic nitrogens is 2. The summed E-state index contributed by atoms with van der Waals surface area (Å²) in [5.74, 6) is -0.729. The first-order chi connectivity index (χ1) is 10.4. The van der Waals surface area contributed by atoms with E-state index in [0.29, 0.717) is 0 Å². The van der Waals surface area contributed by atoms with Gasteiger partial charge in [-0.3, -0.25) is 0 Å². The predicted octanol–water partition coefficient (Wildman–Crippen LogP) is -0.640. The van der Waals surface area contributed by atoms with Gasteiger partial charge in [-0.2, -0.15) is 0 Å². The molecule has 0 fully saturated rings. The minimum Gasteiger partial charge on any atom is -0.480 e. The number of carboxylic acids is 1. The van der Waals surface area contributed by atoms with Crippen molar-refractivity contribution in [3.63, 3.8) is 0 Å². The van der Waals surface area contributed by atoms with Crippen LogP contribution in [0, 0.1) is 5.92 Å². The van der Waals surface area contributed by atoms with Crippen LogP contribution in [0.1, 0.15) is 38.1 Å². The van der Waals surface area contributed by atoms with Crippen molar-refractivity contribution in [1.29, 1.82) is 0 Å². The zero-order valence-electron chi connectivity index (χ0n) is 12.4. The van der Waals surface area contributed by atoms with Crippen molar-refractivity contribution in [2.75, 3.05) is 6.61 Å². The second-order valence-corrected chi connectivity index (χ2v) is 4.85. The summed E-state index contributed by atoms with van der Waals surface area (Å²) in [6.07, 6.45) is 0.858. The number of carboxylic acid groups (broad SMARTS) is 1. The molecular weight excluding hydrogens is 294 g/mol. The molecule has 1 aromatic heterocycles. The van der Waals surface area contributed by atoms with Crippen LogP contribution in [-0.4, -0.2) is 45.1 Å². The Morgan fingerprint density at radius 2 is 2.09 bits per heavy atom. The fourth-order valence-corrected chi connectivity index (χ4v) is 1.52. The molecule has 0 spiro atoms. The fraction of sp³-hybridized carbons (Fsp3) is 0.667. The highest BCUT2D eigenvalue weighted by Gasteiger charge is 2.21. The molecule has 6 N–H and O–H groups in total. The molecule has 0 aliphatic rings. The van der Waals surface area contributed by atoms with Crippen LogP contribution in [-0.2, 0) is 11.3 Å². The van der Waals surface area contributed by atoms with Crippen LogP contribution in [0.2, 0.25) is 0 Å². The van der Waals surface area contributed by atoms with Gasteiger partial charge in [0.2, 0.25) is 11.8 Å². The van der Waals surface area contributed by atoms with Crippen molar-refractivity contribution in [3.8, 4) is 0 Å². The minimum absolute atomic E-state index is 0.0795. The number of nitrogens with two attached hydrogens (primary N) is 1. The smallest absolute Gasteiger partial charge is 0.328 e. The molecule has 0 saturated carbocycles. The Morgan fingerprint density at radius 3 is 2.64 bits per heavy atom. The van der Waals surface area contributed by atoms with Crippen molar-refractivity contribution < 1.29 is 24.2 Å². The van der Waals surface area contributed by atoms with Crippen LogP contribution >= 0.6 is 0 Å². The molecule has 0 bridgehead atoms. The number of rotatable bonds is 8. The van der Waals surface area contributed by atoms with Gasteiger partial charge in [0, 0.05) is 0 Å². The lowest BCUT2D eigenvalue weighted by atomic mass is 10.0. The van der Waals surface area contributed by atoms with E-state index in [1.165, 1.54) is 0 Å². The van der Waals surface area contributed by atoms with Crippen LogP contribution in [0.25, 0.3) is 0 Å². The van der Waals surface area contributed by atoms with Crippen LogP contribution in [0.15, 0.2) is 4.42 Å². The first-order valence-corrected chi connectivity index (χ1v) is 6.84. The fourth-order valence-electron chi connectivity index (χ4n) is 1.52. The predicted molar refractivity (Wildman–Crippen MR) is 74.6 cm³/mol. The van der Waals surface area contributed by atoms with Crippen molar-refractivity contribution in [3.05, 3.63) is 11.8 Å². The molecular formula is C12H21N5O5. The summed E-state index contributed by atoms with van der Waals surface area (Å²) in [6, 6.07) is -2.53. The molecule has 10 heteroatoms. The maximum atomic E-state index is 11.5. The average Bonchev–Trinajstić information content (AvgIpc) is 2.97. The molecule has 0 aliphatic heterocycles. The highest BCUT2D eigenvalue weighted by Crippen LogP contribution is 2.20. The third-order valence-electron chi connectivity index (χ3n) is 3.21. The zero-order valence-corrected chi connectivity index (χ0v) is 12.4. The van der Waals surface area contributed by atoms with Gasteiger partial charge in [0.15, 0.2) is 6.04 Å². The maximum Gasteiger partial charge on any atom is 0.328 e. The van der Waals surface area contributed by atoms with E-state index in [-0.39, 0.29) is 30.3 Å². The first kappa shape index (κ1) is 17.9. The van der Waals surface area contributed by atoms with Crippen LogP contribution in [0.3, 0.4) is 0 Å². The van der Waals surface area contributed by atoms with Crippen molar-refractivity contribution in [2.24, 2.45) is 11.7 Å². The molecule has 0 aromatic carbocycles. The van der Waals surface area contributed by atoms with E-state index in [1.807, 2.05) is 13.8 Å². The van der Waals surface area contributed by atoms with Gasteiger partial charge in [0.05, 0.1) is 19.2 Å². The summed E-state index contributed by atoms with van der Waals surface area (Å²) >= 11 is 0. The number of nitrogens with zero attached hydrogens (tertiary/aromatic N) is 2. The van der Waals surface area contributed by atoms with Crippen LogP contribution in [0.4, 0.5) is 4.79 Å². The van der Waals surface area contributed by atoms with Gasteiger partial charge in [0.1, 0.15) is 0 Å². The van der Waals surface area contributed by atoms with Gasteiger partial charge < -0.3 is 31.0 Å².